The second kappa shape index (κ2) is 3.90. The third kappa shape index (κ3) is 2.24. The van der Waals surface area contributed by atoms with Crippen LogP contribution in [0.3, 0.4) is 0 Å². The smallest absolute Gasteiger partial charge is 0.241 e. The number of likely N-dealkylation sites (tertiary alicyclic amines) is 1. The average molecular weight is 251 g/mol. The van der Waals surface area contributed by atoms with Gasteiger partial charge in [0.1, 0.15) is 0 Å². The van der Waals surface area contributed by atoms with Crippen LogP contribution in [0.15, 0.2) is 21.3 Å². The fraction of sp³-hybridized carbons (Fsp3) is 0.455. The van der Waals surface area contributed by atoms with E-state index in [1.54, 1.807) is 11.3 Å². The van der Waals surface area contributed by atoms with Crippen LogP contribution in [0.25, 0.3) is 11.4 Å². The highest BCUT2D eigenvalue weighted by molar-refractivity contribution is 7.08. The van der Waals surface area contributed by atoms with Crippen LogP contribution in [0.1, 0.15) is 12.8 Å². The predicted octanol–water partition coefficient (Wildman–Crippen LogP) is 1.36. The van der Waals surface area contributed by atoms with Gasteiger partial charge in [-0.3, -0.25) is 4.90 Å². The minimum absolute atomic E-state index is 0.559. The van der Waals surface area contributed by atoms with Gasteiger partial charge in [0.05, 0.1) is 12.1 Å². The summed E-state index contributed by atoms with van der Waals surface area (Å²) in [6.45, 7) is 3.74. The quantitative estimate of drug-likeness (QED) is 0.892. The first-order chi connectivity index (χ1) is 8.12. The molecule has 3 heterocycles. The van der Waals surface area contributed by atoms with Gasteiger partial charge in [0.25, 0.3) is 0 Å². The zero-order valence-electron chi connectivity index (χ0n) is 9.46. The summed E-state index contributed by atoms with van der Waals surface area (Å²) in [4.78, 5) is 6.40. The molecule has 0 saturated carbocycles. The highest BCUT2D eigenvalue weighted by Gasteiger charge is 2.37. The SMILES string of the molecule is CC1(O)CN(Cc2nc(-c3ccsc3)no2)C1. The van der Waals surface area contributed by atoms with Crippen molar-refractivity contribution in [3.63, 3.8) is 0 Å². The Hall–Kier alpha value is -1.24. The van der Waals surface area contributed by atoms with Crippen LogP contribution in [-0.4, -0.2) is 38.8 Å². The molecule has 5 nitrogen and oxygen atoms in total. The van der Waals surface area contributed by atoms with Gasteiger partial charge in [-0.1, -0.05) is 5.16 Å². The van der Waals surface area contributed by atoms with Gasteiger partial charge in [0.15, 0.2) is 0 Å². The zero-order valence-corrected chi connectivity index (χ0v) is 10.3. The third-order valence-electron chi connectivity index (χ3n) is 2.73. The summed E-state index contributed by atoms with van der Waals surface area (Å²) < 4.78 is 5.18. The van der Waals surface area contributed by atoms with E-state index in [0.717, 1.165) is 5.56 Å². The molecule has 0 aliphatic carbocycles. The van der Waals surface area contributed by atoms with Crippen LogP contribution in [0.4, 0.5) is 0 Å². The molecule has 0 amide bonds. The Morgan fingerprint density at radius 2 is 2.41 bits per heavy atom. The Balaban J connectivity index is 1.66. The lowest BCUT2D eigenvalue weighted by atomic mass is 9.97. The number of rotatable bonds is 3. The lowest BCUT2D eigenvalue weighted by Gasteiger charge is -2.43. The maximum absolute atomic E-state index is 9.61. The molecule has 6 heteroatoms. The maximum Gasteiger partial charge on any atom is 0.241 e. The van der Waals surface area contributed by atoms with E-state index in [2.05, 4.69) is 15.0 Å². The van der Waals surface area contributed by atoms with Crippen molar-refractivity contribution >= 4 is 11.3 Å². The molecule has 90 valence electrons. The molecule has 0 atom stereocenters. The average Bonchev–Trinajstić information content (AvgIpc) is 2.82. The molecule has 2 aromatic heterocycles. The Labute approximate surface area is 103 Å². The summed E-state index contributed by atoms with van der Waals surface area (Å²) in [5, 5.41) is 17.5. The molecular weight excluding hydrogens is 238 g/mol. The Morgan fingerprint density at radius 3 is 3.06 bits per heavy atom. The van der Waals surface area contributed by atoms with Gasteiger partial charge in [0, 0.05) is 24.0 Å². The molecule has 1 aliphatic heterocycles. The summed E-state index contributed by atoms with van der Waals surface area (Å²) in [6.07, 6.45) is 0. The molecule has 1 fully saturated rings. The topological polar surface area (TPSA) is 62.4 Å². The number of aromatic nitrogens is 2. The molecule has 3 rings (SSSR count). The van der Waals surface area contributed by atoms with E-state index in [0.29, 0.717) is 31.3 Å². The van der Waals surface area contributed by atoms with E-state index < -0.39 is 5.60 Å². The number of nitrogens with zero attached hydrogens (tertiary/aromatic N) is 3. The van der Waals surface area contributed by atoms with Crippen LogP contribution < -0.4 is 0 Å². The van der Waals surface area contributed by atoms with Crippen molar-refractivity contribution < 1.29 is 9.63 Å². The monoisotopic (exact) mass is 251 g/mol. The summed E-state index contributed by atoms with van der Waals surface area (Å²) in [7, 11) is 0. The number of hydrogen-bond donors (Lipinski definition) is 1. The van der Waals surface area contributed by atoms with Gasteiger partial charge in [-0.15, -0.1) is 0 Å². The van der Waals surface area contributed by atoms with E-state index in [4.69, 9.17) is 4.52 Å². The fourth-order valence-corrected chi connectivity index (χ4v) is 2.68. The van der Waals surface area contributed by atoms with E-state index in [9.17, 15) is 5.11 Å². The first kappa shape index (κ1) is 10.9. The van der Waals surface area contributed by atoms with Crippen molar-refractivity contribution in [1.82, 2.24) is 15.0 Å². The molecule has 0 unspecified atom stereocenters. The van der Waals surface area contributed by atoms with E-state index >= 15 is 0 Å². The second-order valence-corrected chi connectivity index (χ2v) is 5.45. The van der Waals surface area contributed by atoms with Crippen molar-refractivity contribution in [3.05, 3.63) is 22.7 Å². The van der Waals surface area contributed by atoms with Crippen molar-refractivity contribution in [2.24, 2.45) is 0 Å². The van der Waals surface area contributed by atoms with Crippen molar-refractivity contribution in [3.8, 4) is 11.4 Å². The summed E-state index contributed by atoms with van der Waals surface area (Å²) in [5.74, 6) is 1.23. The minimum Gasteiger partial charge on any atom is -0.388 e. The molecule has 0 aromatic carbocycles. The highest BCUT2D eigenvalue weighted by Crippen LogP contribution is 2.23. The minimum atomic E-state index is -0.559. The number of β-amino-alcohol motifs (C(OH)–C–C–N with tert-alkyl or cyclic N) is 1. The van der Waals surface area contributed by atoms with E-state index in [-0.39, 0.29) is 0 Å². The van der Waals surface area contributed by atoms with Crippen LogP contribution >= 0.6 is 11.3 Å². The molecular formula is C11H13N3O2S. The normalized spacial score (nSPS) is 19.2. The Kier molecular flexibility index (Phi) is 2.50. The molecule has 1 aliphatic rings. The molecule has 1 saturated heterocycles. The molecule has 17 heavy (non-hydrogen) atoms. The Bertz CT molecular complexity index is 499. The molecule has 0 spiro atoms. The van der Waals surface area contributed by atoms with Crippen molar-refractivity contribution in [1.29, 1.82) is 0 Å². The van der Waals surface area contributed by atoms with Crippen LogP contribution in [0, 0.1) is 0 Å². The lowest BCUT2D eigenvalue weighted by Crippen LogP contribution is -2.59. The standard InChI is InChI=1S/C11H13N3O2S/c1-11(15)6-14(7-11)4-9-12-10(13-16-9)8-2-3-17-5-8/h2-3,5,15H,4,6-7H2,1H3. The van der Waals surface area contributed by atoms with Gasteiger partial charge in [-0.2, -0.15) is 16.3 Å². The van der Waals surface area contributed by atoms with Gasteiger partial charge >= 0.3 is 0 Å². The van der Waals surface area contributed by atoms with Crippen molar-refractivity contribution in [2.75, 3.05) is 13.1 Å². The summed E-state index contributed by atoms with van der Waals surface area (Å²) in [5.41, 5.74) is 0.427. The second-order valence-electron chi connectivity index (χ2n) is 4.67. The highest BCUT2D eigenvalue weighted by atomic mass is 32.1. The summed E-state index contributed by atoms with van der Waals surface area (Å²) in [6, 6.07) is 1.97. The molecule has 1 N–H and O–H groups in total. The third-order valence-corrected chi connectivity index (χ3v) is 3.42. The van der Waals surface area contributed by atoms with Gasteiger partial charge < -0.3 is 9.63 Å². The molecule has 2 aromatic rings. The maximum atomic E-state index is 9.61. The van der Waals surface area contributed by atoms with Crippen LogP contribution in [0.5, 0.6) is 0 Å². The van der Waals surface area contributed by atoms with Crippen LogP contribution in [0.2, 0.25) is 0 Å². The predicted molar refractivity (Wildman–Crippen MR) is 63.5 cm³/mol. The Morgan fingerprint density at radius 1 is 1.59 bits per heavy atom. The molecule has 0 radical (unpaired) electrons. The fourth-order valence-electron chi connectivity index (χ4n) is 2.05. The molecule has 0 bridgehead atoms. The number of aliphatic hydroxyl groups is 1. The zero-order chi connectivity index (χ0) is 11.9. The van der Waals surface area contributed by atoms with Gasteiger partial charge in [0.2, 0.25) is 11.7 Å². The van der Waals surface area contributed by atoms with Gasteiger partial charge in [-0.25, -0.2) is 0 Å². The first-order valence-corrected chi connectivity index (χ1v) is 6.37. The summed E-state index contributed by atoms with van der Waals surface area (Å²) >= 11 is 1.61. The van der Waals surface area contributed by atoms with E-state index in [1.165, 1.54) is 0 Å². The number of hydrogen-bond acceptors (Lipinski definition) is 6. The lowest BCUT2D eigenvalue weighted by molar-refractivity contribution is -0.0901. The number of thiophene rings is 1. The van der Waals surface area contributed by atoms with E-state index in [1.807, 2.05) is 23.8 Å². The largest absolute Gasteiger partial charge is 0.388 e. The van der Waals surface area contributed by atoms with Gasteiger partial charge in [-0.05, 0) is 18.4 Å². The van der Waals surface area contributed by atoms with Crippen LogP contribution in [-0.2, 0) is 6.54 Å². The first-order valence-electron chi connectivity index (χ1n) is 5.42. The van der Waals surface area contributed by atoms with Crippen molar-refractivity contribution in [2.45, 2.75) is 19.1 Å².